The van der Waals surface area contributed by atoms with E-state index in [-0.39, 0.29) is 0 Å². The topological polar surface area (TPSA) is 38.2 Å². The molecule has 0 amide bonds. The van der Waals surface area contributed by atoms with Crippen molar-refractivity contribution in [2.24, 2.45) is 0 Å². The molecule has 0 spiro atoms. The van der Waals surface area contributed by atoms with Gasteiger partial charge < -0.3 is 4.74 Å². The molecule has 1 aromatic heterocycles. The van der Waals surface area contributed by atoms with Gasteiger partial charge >= 0.3 is 0 Å². The van der Waals surface area contributed by atoms with Crippen LogP contribution in [0.5, 0.6) is 0 Å². The minimum atomic E-state index is 0.774. The highest BCUT2D eigenvalue weighted by atomic mass is 32.2. The van der Waals surface area contributed by atoms with Crippen LogP contribution in [0.3, 0.4) is 0 Å². The summed E-state index contributed by atoms with van der Waals surface area (Å²) in [4.78, 5) is 13.2. The summed E-state index contributed by atoms with van der Waals surface area (Å²) in [5, 5.41) is 2.13. The van der Waals surface area contributed by atoms with E-state index in [0.29, 0.717) is 0 Å². The van der Waals surface area contributed by atoms with E-state index in [2.05, 4.69) is 41.3 Å². The SMILES string of the molecule is c1ccc(Sc2nc(CN3CCOCC3)nc3ccccc23)cc1. The molecule has 4 rings (SSSR count). The molecular formula is C19H19N3OS. The fourth-order valence-corrected chi connectivity index (χ4v) is 3.75. The van der Waals surface area contributed by atoms with E-state index in [1.165, 1.54) is 4.90 Å². The first-order valence-corrected chi connectivity index (χ1v) is 8.99. The van der Waals surface area contributed by atoms with Crippen molar-refractivity contribution in [3.63, 3.8) is 0 Å². The normalized spacial score (nSPS) is 15.7. The number of morpholine rings is 1. The van der Waals surface area contributed by atoms with Crippen LogP contribution in [0, 0.1) is 0 Å². The van der Waals surface area contributed by atoms with Gasteiger partial charge in [0.15, 0.2) is 0 Å². The number of nitrogens with zero attached hydrogens (tertiary/aromatic N) is 3. The molecule has 4 nitrogen and oxygen atoms in total. The quantitative estimate of drug-likeness (QED) is 0.680. The first-order valence-electron chi connectivity index (χ1n) is 8.17. The Hall–Kier alpha value is -1.95. The zero-order valence-electron chi connectivity index (χ0n) is 13.4. The van der Waals surface area contributed by atoms with Crippen molar-refractivity contribution in [2.45, 2.75) is 16.5 Å². The average Bonchev–Trinajstić information content (AvgIpc) is 2.63. The summed E-state index contributed by atoms with van der Waals surface area (Å²) in [5.74, 6) is 0.883. The maximum Gasteiger partial charge on any atom is 0.144 e. The summed E-state index contributed by atoms with van der Waals surface area (Å²) in [6.45, 7) is 4.24. The Labute approximate surface area is 145 Å². The highest BCUT2D eigenvalue weighted by Gasteiger charge is 2.14. The summed E-state index contributed by atoms with van der Waals surface area (Å²) in [6.07, 6.45) is 0. The summed E-state index contributed by atoms with van der Waals surface area (Å²) >= 11 is 1.70. The molecule has 0 atom stereocenters. The molecule has 24 heavy (non-hydrogen) atoms. The van der Waals surface area contributed by atoms with Gasteiger partial charge in [0.05, 0.1) is 25.3 Å². The van der Waals surface area contributed by atoms with Gasteiger partial charge in [0.1, 0.15) is 10.9 Å². The summed E-state index contributed by atoms with van der Waals surface area (Å²) in [5.41, 5.74) is 1.01. The molecule has 1 saturated heterocycles. The molecule has 122 valence electrons. The molecule has 0 bridgehead atoms. The Morgan fingerprint density at radius 3 is 2.50 bits per heavy atom. The first kappa shape index (κ1) is 15.6. The zero-order valence-corrected chi connectivity index (χ0v) is 14.2. The van der Waals surface area contributed by atoms with Crippen molar-refractivity contribution in [2.75, 3.05) is 26.3 Å². The third-order valence-electron chi connectivity index (χ3n) is 4.04. The van der Waals surface area contributed by atoms with Gasteiger partial charge in [-0.05, 0) is 18.2 Å². The van der Waals surface area contributed by atoms with Crippen LogP contribution in [0.2, 0.25) is 0 Å². The van der Waals surface area contributed by atoms with Gasteiger partial charge in [-0.1, -0.05) is 48.2 Å². The van der Waals surface area contributed by atoms with E-state index in [1.54, 1.807) is 11.8 Å². The minimum Gasteiger partial charge on any atom is -0.379 e. The number of fused-ring (bicyclic) bond motifs is 1. The predicted octanol–water partition coefficient (Wildman–Crippen LogP) is 3.61. The van der Waals surface area contributed by atoms with Crippen LogP contribution in [0.25, 0.3) is 10.9 Å². The molecule has 0 aliphatic carbocycles. The molecule has 1 aliphatic rings. The van der Waals surface area contributed by atoms with Gasteiger partial charge in [-0.25, -0.2) is 9.97 Å². The van der Waals surface area contributed by atoms with Crippen LogP contribution >= 0.6 is 11.8 Å². The summed E-state index contributed by atoms with van der Waals surface area (Å²) in [6, 6.07) is 18.6. The molecule has 1 aliphatic heterocycles. The van der Waals surface area contributed by atoms with E-state index in [0.717, 1.165) is 54.6 Å². The van der Waals surface area contributed by atoms with Gasteiger partial charge in [-0.15, -0.1) is 0 Å². The molecule has 0 saturated carbocycles. The van der Waals surface area contributed by atoms with Crippen LogP contribution in [0.4, 0.5) is 0 Å². The van der Waals surface area contributed by atoms with Crippen LogP contribution in [-0.2, 0) is 11.3 Å². The number of benzene rings is 2. The molecule has 5 heteroatoms. The molecule has 1 fully saturated rings. The zero-order chi connectivity index (χ0) is 16.2. The van der Waals surface area contributed by atoms with Crippen LogP contribution < -0.4 is 0 Å². The maximum absolute atomic E-state index is 5.42. The molecule has 2 aromatic carbocycles. The largest absolute Gasteiger partial charge is 0.379 e. The van der Waals surface area contributed by atoms with Crippen LogP contribution in [0.1, 0.15) is 5.82 Å². The second-order valence-electron chi connectivity index (χ2n) is 5.77. The molecule has 3 aromatic rings. The second kappa shape index (κ2) is 7.30. The highest BCUT2D eigenvalue weighted by Crippen LogP contribution is 2.31. The van der Waals surface area contributed by atoms with Crippen molar-refractivity contribution in [1.29, 1.82) is 0 Å². The van der Waals surface area contributed by atoms with Crippen LogP contribution in [-0.4, -0.2) is 41.2 Å². The lowest BCUT2D eigenvalue weighted by Crippen LogP contribution is -2.36. The Balaban J connectivity index is 1.67. The monoisotopic (exact) mass is 337 g/mol. The number of rotatable bonds is 4. The van der Waals surface area contributed by atoms with E-state index >= 15 is 0 Å². The molecular weight excluding hydrogens is 318 g/mol. The van der Waals surface area contributed by atoms with E-state index in [9.17, 15) is 0 Å². The van der Waals surface area contributed by atoms with Gasteiger partial charge in [0.25, 0.3) is 0 Å². The Kier molecular flexibility index (Phi) is 4.74. The lowest BCUT2D eigenvalue weighted by atomic mass is 10.2. The molecule has 2 heterocycles. The van der Waals surface area contributed by atoms with Crippen molar-refractivity contribution in [3.8, 4) is 0 Å². The molecule has 0 unspecified atom stereocenters. The Morgan fingerprint density at radius 1 is 0.917 bits per heavy atom. The van der Waals surface area contributed by atoms with Gasteiger partial charge in [-0.3, -0.25) is 4.90 Å². The number of hydrogen-bond acceptors (Lipinski definition) is 5. The number of hydrogen-bond donors (Lipinski definition) is 0. The van der Waals surface area contributed by atoms with Crippen molar-refractivity contribution >= 4 is 22.7 Å². The fraction of sp³-hybridized carbons (Fsp3) is 0.263. The smallest absolute Gasteiger partial charge is 0.144 e. The number of para-hydroxylation sites is 1. The molecule has 0 radical (unpaired) electrons. The summed E-state index contributed by atoms with van der Waals surface area (Å²) < 4.78 is 5.42. The van der Waals surface area contributed by atoms with E-state index in [1.807, 2.05) is 18.2 Å². The van der Waals surface area contributed by atoms with Crippen molar-refractivity contribution in [3.05, 3.63) is 60.4 Å². The van der Waals surface area contributed by atoms with Crippen LogP contribution in [0.15, 0.2) is 64.5 Å². The van der Waals surface area contributed by atoms with E-state index < -0.39 is 0 Å². The van der Waals surface area contributed by atoms with Crippen molar-refractivity contribution in [1.82, 2.24) is 14.9 Å². The van der Waals surface area contributed by atoms with Gasteiger partial charge in [0, 0.05) is 23.4 Å². The standard InChI is InChI=1S/C19H19N3OS/c1-2-6-15(7-3-1)24-19-16-8-4-5-9-17(16)20-18(21-19)14-22-10-12-23-13-11-22/h1-9H,10-14H2. The lowest BCUT2D eigenvalue weighted by Gasteiger charge is -2.25. The third kappa shape index (κ3) is 3.59. The minimum absolute atomic E-state index is 0.774. The van der Waals surface area contributed by atoms with Gasteiger partial charge in [-0.2, -0.15) is 0 Å². The van der Waals surface area contributed by atoms with E-state index in [4.69, 9.17) is 14.7 Å². The number of ether oxygens (including phenoxy) is 1. The average molecular weight is 337 g/mol. The maximum atomic E-state index is 5.42. The Bertz CT molecular complexity index is 819. The third-order valence-corrected chi connectivity index (χ3v) is 5.05. The lowest BCUT2D eigenvalue weighted by molar-refractivity contribution is 0.0330. The Morgan fingerprint density at radius 2 is 1.67 bits per heavy atom. The second-order valence-corrected chi connectivity index (χ2v) is 6.83. The molecule has 0 N–H and O–H groups in total. The fourth-order valence-electron chi connectivity index (χ4n) is 2.80. The van der Waals surface area contributed by atoms with Crippen molar-refractivity contribution < 1.29 is 4.74 Å². The first-order chi connectivity index (χ1) is 11.9. The predicted molar refractivity (Wildman–Crippen MR) is 96.2 cm³/mol. The highest BCUT2D eigenvalue weighted by molar-refractivity contribution is 7.99. The summed E-state index contributed by atoms with van der Waals surface area (Å²) in [7, 11) is 0. The van der Waals surface area contributed by atoms with Gasteiger partial charge in [0.2, 0.25) is 0 Å². The number of aromatic nitrogens is 2.